The van der Waals surface area contributed by atoms with E-state index in [-0.39, 0.29) is 22.0 Å². The van der Waals surface area contributed by atoms with Crippen molar-refractivity contribution >= 4 is 44.8 Å². The Balaban J connectivity index is 2.29. The van der Waals surface area contributed by atoms with Crippen molar-refractivity contribution in [3.63, 3.8) is 0 Å². The second-order valence-corrected chi connectivity index (χ2v) is 7.86. The van der Waals surface area contributed by atoms with E-state index in [2.05, 4.69) is 5.32 Å². The number of ether oxygens (including phenoxy) is 1. The minimum Gasteiger partial charge on any atom is -0.495 e. The minimum atomic E-state index is -3.79. The Hall–Kier alpha value is -2.78. The lowest BCUT2D eigenvalue weighted by atomic mass is 10.1. The molecule has 0 radical (unpaired) electrons. The largest absolute Gasteiger partial charge is 0.495 e. The van der Waals surface area contributed by atoms with E-state index in [0.29, 0.717) is 5.75 Å². The molecule has 3 N–H and O–H groups in total. The molecule has 2 amide bonds. The van der Waals surface area contributed by atoms with Crippen molar-refractivity contribution in [3.8, 4) is 5.75 Å². The predicted molar refractivity (Wildman–Crippen MR) is 104 cm³/mol. The number of nitrogens with zero attached hydrogens (tertiary/aromatic N) is 1. The van der Waals surface area contributed by atoms with Crippen molar-refractivity contribution in [2.24, 2.45) is 5.73 Å². The molecule has 144 valence electrons. The molecule has 0 aliphatic heterocycles. The molecule has 2 rings (SSSR count). The Kier molecular flexibility index (Phi) is 6.29. The number of carbonyl (C=O) groups excluding carboxylic acids is 2. The Labute approximate surface area is 161 Å². The van der Waals surface area contributed by atoms with Crippen molar-refractivity contribution < 1.29 is 22.7 Å². The number of nitrogens with one attached hydrogen (secondary N) is 1. The zero-order chi connectivity index (χ0) is 20.2. The number of para-hydroxylation sites is 1. The second kappa shape index (κ2) is 8.28. The summed E-state index contributed by atoms with van der Waals surface area (Å²) in [5.74, 6) is -0.998. The highest BCUT2D eigenvalue weighted by molar-refractivity contribution is 7.92. The number of benzene rings is 2. The Morgan fingerprint density at radius 2 is 1.89 bits per heavy atom. The summed E-state index contributed by atoms with van der Waals surface area (Å²) in [6.07, 6.45) is 0.968. The lowest BCUT2D eigenvalue weighted by molar-refractivity contribution is -0.114. The standard InChI is InChI=1S/C17H18ClN3O5S/c1-26-15-8-7-11(9-13(15)18)21(27(2,24)25)10-16(22)20-14-6-4-3-5-12(14)17(19)23/h3-9H,10H2,1-2H3,(H2,19,23)(H,20,22). The van der Waals surface area contributed by atoms with Crippen LogP contribution in [0.5, 0.6) is 5.75 Å². The van der Waals surface area contributed by atoms with E-state index in [0.717, 1.165) is 10.6 Å². The van der Waals surface area contributed by atoms with Crippen LogP contribution in [-0.4, -0.2) is 40.1 Å². The fourth-order valence-corrected chi connectivity index (χ4v) is 3.44. The molecule has 0 saturated carbocycles. The molecule has 0 bridgehead atoms. The molecular weight excluding hydrogens is 394 g/mol. The van der Waals surface area contributed by atoms with Gasteiger partial charge in [-0.1, -0.05) is 23.7 Å². The molecule has 27 heavy (non-hydrogen) atoms. The number of rotatable bonds is 7. The number of nitrogens with two attached hydrogens (primary N) is 1. The number of anilines is 2. The summed E-state index contributed by atoms with van der Waals surface area (Å²) in [5, 5.41) is 2.70. The first kappa shape index (κ1) is 20.5. The summed E-state index contributed by atoms with van der Waals surface area (Å²) in [6.45, 7) is -0.519. The lowest BCUT2D eigenvalue weighted by Gasteiger charge is -2.22. The molecule has 0 atom stereocenters. The molecule has 0 aliphatic rings. The second-order valence-electron chi connectivity index (χ2n) is 5.55. The van der Waals surface area contributed by atoms with Crippen LogP contribution in [0.25, 0.3) is 0 Å². The van der Waals surface area contributed by atoms with Crippen LogP contribution in [0.2, 0.25) is 5.02 Å². The van der Waals surface area contributed by atoms with Crippen LogP contribution in [0.4, 0.5) is 11.4 Å². The molecule has 0 fully saturated rings. The number of methoxy groups -OCH3 is 1. The zero-order valence-electron chi connectivity index (χ0n) is 14.6. The molecule has 8 nitrogen and oxygen atoms in total. The molecule has 0 heterocycles. The summed E-state index contributed by atoms with van der Waals surface area (Å²) in [7, 11) is -2.36. The monoisotopic (exact) mass is 411 g/mol. The van der Waals surface area contributed by atoms with Gasteiger partial charge in [0.15, 0.2) is 0 Å². The van der Waals surface area contributed by atoms with E-state index >= 15 is 0 Å². The number of halogens is 1. The predicted octanol–water partition coefficient (Wildman–Crippen LogP) is 1.85. The van der Waals surface area contributed by atoms with E-state index in [4.69, 9.17) is 22.1 Å². The number of primary amides is 1. The van der Waals surface area contributed by atoms with E-state index in [1.807, 2.05) is 0 Å². The smallest absolute Gasteiger partial charge is 0.250 e. The number of hydrogen-bond donors (Lipinski definition) is 2. The van der Waals surface area contributed by atoms with Gasteiger partial charge in [-0.25, -0.2) is 8.42 Å². The van der Waals surface area contributed by atoms with Gasteiger partial charge >= 0.3 is 0 Å². The maximum Gasteiger partial charge on any atom is 0.250 e. The van der Waals surface area contributed by atoms with Crippen LogP contribution >= 0.6 is 11.6 Å². The van der Waals surface area contributed by atoms with Gasteiger partial charge in [0.1, 0.15) is 12.3 Å². The van der Waals surface area contributed by atoms with Crippen molar-refractivity contribution in [1.29, 1.82) is 0 Å². The van der Waals surface area contributed by atoms with E-state index in [1.54, 1.807) is 12.1 Å². The third-order valence-electron chi connectivity index (χ3n) is 3.58. The van der Waals surface area contributed by atoms with Crippen LogP contribution in [-0.2, 0) is 14.8 Å². The van der Waals surface area contributed by atoms with Gasteiger partial charge in [0, 0.05) is 0 Å². The SMILES string of the molecule is COc1ccc(N(CC(=O)Nc2ccccc2C(N)=O)S(C)(=O)=O)cc1Cl. The molecule has 10 heteroatoms. The van der Waals surface area contributed by atoms with E-state index < -0.39 is 28.4 Å². The van der Waals surface area contributed by atoms with Crippen molar-refractivity contribution in [1.82, 2.24) is 0 Å². The van der Waals surface area contributed by atoms with Crippen LogP contribution in [0.15, 0.2) is 42.5 Å². The third kappa shape index (κ3) is 5.11. The summed E-state index contributed by atoms with van der Waals surface area (Å²) in [5.41, 5.74) is 5.77. The van der Waals surface area contributed by atoms with Gasteiger partial charge in [-0.2, -0.15) is 0 Å². The molecule has 0 aromatic heterocycles. The molecule has 2 aromatic carbocycles. The maximum absolute atomic E-state index is 12.4. The quantitative estimate of drug-likeness (QED) is 0.720. The van der Waals surface area contributed by atoms with Crippen LogP contribution in [0.3, 0.4) is 0 Å². The van der Waals surface area contributed by atoms with Crippen LogP contribution in [0.1, 0.15) is 10.4 Å². The van der Waals surface area contributed by atoms with Crippen LogP contribution in [0, 0.1) is 0 Å². The topological polar surface area (TPSA) is 119 Å². The summed E-state index contributed by atoms with van der Waals surface area (Å²) < 4.78 is 30.2. The first-order valence-corrected chi connectivity index (χ1v) is 9.86. The number of hydrogen-bond acceptors (Lipinski definition) is 5. The van der Waals surface area contributed by atoms with Gasteiger partial charge in [0.05, 0.1) is 35.3 Å². The summed E-state index contributed by atoms with van der Waals surface area (Å²) >= 11 is 6.05. The summed E-state index contributed by atoms with van der Waals surface area (Å²) in [6, 6.07) is 10.5. The molecule has 0 aliphatic carbocycles. The Morgan fingerprint density at radius 1 is 1.22 bits per heavy atom. The first-order valence-electron chi connectivity index (χ1n) is 7.63. The Bertz CT molecular complexity index is 978. The van der Waals surface area contributed by atoms with Gasteiger partial charge < -0.3 is 15.8 Å². The minimum absolute atomic E-state index is 0.115. The molecule has 0 unspecified atom stereocenters. The number of amides is 2. The lowest BCUT2D eigenvalue weighted by Crippen LogP contribution is -2.37. The highest BCUT2D eigenvalue weighted by atomic mass is 35.5. The van der Waals surface area contributed by atoms with E-state index in [1.165, 1.54) is 37.4 Å². The normalized spacial score (nSPS) is 10.9. The van der Waals surface area contributed by atoms with Gasteiger partial charge in [0.2, 0.25) is 15.9 Å². The summed E-state index contributed by atoms with van der Waals surface area (Å²) in [4.78, 5) is 23.8. The average molecular weight is 412 g/mol. The molecule has 0 spiro atoms. The highest BCUT2D eigenvalue weighted by Crippen LogP contribution is 2.30. The fraction of sp³-hybridized carbons (Fsp3) is 0.176. The van der Waals surface area contributed by atoms with Gasteiger partial charge in [-0.05, 0) is 30.3 Å². The van der Waals surface area contributed by atoms with Gasteiger partial charge in [0.25, 0.3) is 5.91 Å². The van der Waals surface area contributed by atoms with E-state index in [9.17, 15) is 18.0 Å². The van der Waals surface area contributed by atoms with Crippen molar-refractivity contribution in [3.05, 3.63) is 53.1 Å². The van der Waals surface area contributed by atoms with Crippen LogP contribution < -0.4 is 20.1 Å². The highest BCUT2D eigenvalue weighted by Gasteiger charge is 2.22. The Morgan fingerprint density at radius 3 is 2.44 bits per heavy atom. The average Bonchev–Trinajstić information content (AvgIpc) is 2.59. The molecular formula is C17H18ClN3O5S. The maximum atomic E-state index is 12.4. The van der Waals surface area contributed by atoms with Crippen molar-refractivity contribution in [2.45, 2.75) is 0 Å². The van der Waals surface area contributed by atoms with Crippen molar-refractivity contribution in [2.75, 3.05) is 29.5 Å². The fourth-order valence-electron chi connectivity index (χ4n) is 2.34. The van der Waals surface area contributed by atoms with Gasteiger partial charge in [-0.3, -0.25) is 13.9 Å². The molecule has 0 saturated heterocycles. The first-order chi connectivity index (χ1) is 12.6. The number of sulfonamides is 1. The zero-order valence-corrected chi connectivity index (χ0v) is 16.2. The number of carbonyl (C=O) groups is 2. The third-order valence-corrected chi connectivity index (χ3v) is 5.01. The van der Waals surface area contributed by atoms with Gasteiger partial charge in [-0.15, -0.1) is 0 Å². The molecule has 2 aromatic rings.